The second-order valence-corrected chi connectivity index (χ2v) is 6.46. The third kappa shape index (κ3) is 3.14. The zero-order chi connectivity index (χ0) is 14.8. The lowest BCUT2D eigenvalue weighted by atomic mass is 9.84. The van der Waals surface area contributed by atoms with Gasteiger partial charge in [-0.15, -0.1) is 0 Å². The minimum absolute atomic E-state index is 0.126. The molecule has 4 nitrogen and oxygen atoms in total. The molecule has 2 aliphatic rings. The Labute approximate surface area is 126 Å². The highest BCUT2D eigenvalue weighted by atomic mass is 16.5. The summed E-state index contributed by atoms with van der Waals surface area (Å²) in [5, 5.41) is 5.99. The Morgan fingerprint density at radius 2 is 2.19 bits per heavy atom. The third-order valence-electron chi connectivity index (χ3n) is 5.12. The number of rotatable bonds is 4. The minimum Gasteiger partial charge on any atom is -0.497 e. The van der Waals surface area contributed by atoms with Crippen molar-refractivity contribution >= 4 is 11.7 Å². The minimum atomic E-state index is -0.126. The molecule has 0 heterocycles. The molecule has 0 saturated heterocycles. The highest BCUT2D eigenvalue weighted by Crippen LogP contribution is 2.49. The number of carbonyl (C=O) groups is 1. The van der Waals surface area contributed by atoms with Crippen molar-refractivity contribution in [2.45, 2.75) is 38.6 Å². The van der Waals surface area contributed by atoms with Gasteiger partial charge in [0, 0.05) is 17.8 Å². The van der Waals surface area contributed by atoms with E-state index in [2.05, 4.69) is 17.6 Å². The second-order valence-electron chi connectivity index (χ2n) is 6.46. The number of amides is 2. The summed E-state index contributed by atoms with van der Waals surface area (Å²) in [6.07, 6.45) is 5.39. The molecule has 2 N–H and O–H groups in total. The molecule has 2 fully saturated rings. The first-order valence-electron chi connectivity index (χ1n) is 7.87. The molecule has 1 aromatic carbocycles. The lowest BCUT2D eigenvalue weighted by Gasteiger charge is -2.28. The van der Waals surface area contributed by atoms with Crippen LogP contribution in [0, 0.1) is 17.8 Å². The summed E-state index contributed by atoms with van der Waals surface area (Å²) in [4.78, 5) is 12.1. The SMILES string of the molecule is COc1cccc(NC(=O)NC(C)C2CC3CCC2C3)c1. The van der Waals surface area contributed by atoms with Crippen LogP contribution in [0.4, 0.5) is 10.5 Å². The number of urea groups is 1. The molecule has 4 unspecified atom stereocenters. The van der Waals surface area contributed by atoms with Gasteiger partial charge in [-0.1, -0.05) is 12.5 Å². The average molecular weight is 288 g/mol. The van der Waals surface area contributed by atoms with Gasteiger partial charge >= 0.3 is 6.03 Å². The van der Waals surface area contributed by atoms with E-state index in [0.29, 0.717) is 5.92 Å². The van der Waals surface area contributed by atoms with E-state index in [1.54, 1.807) is 7.11 Å². The van der Waals surface area contributed by atoms with E-state index in [1.165, 1.54) is 25.7 Å². The first kappa shape index (κ1) is 14.2. The van der Waals surface area contributed by atoms with Crippen molar-refractivity contribution in [2.24, 2.45) is 17.8 Å². The molecule has 2 amide bonds. The van der Waals surface area contributed by atoms with E-state index in [4.69, 9.17) is 4.74 Å². The lowest BCUT2D eigenvalue weighted by Crippen LogP contribution is -2.42. The van der Waals surface area contributed by atoms with Gasteiger partial charge in [-0.2, -0.15) is 0 Å². The zero-order valence-electron chi connectivity index (χ0n) is 12.8. The number of benzene rings is 1. The Bertz CT molecular complexity index is 517. The van der Waals surface area contributed by atoms with Crippen LogP contribution >= 0.6 is 0 Å². The van der Waals surface area contributed by atoms with Crippen LogP contribution in [-0.4, -0.2) is 19.2 Å². The van der Waals surface area contributed by atoms with Gasteiger partial charge in [0.2, 0.25) is 0 Å². The van der Waals surface area contributed by atoms with Gasteiger partial charge in [-0.25, -0.2) is 4.79 Å². The van der Waals surface area contributed by atoms with Gasteiger partial charge < -0.3 is 15.4 Å². The maximum atomic E-state index is 12.1. The number of methoxy groups -OCH3 is 1. The maximum absolute atomic E-state index is 12.1. The van der Waals surface area contributed by atoms with E-state index < -0.39 is 0 Å². The molecular formula is C17H24N2O2. The first-order valence-corrected chi connectivity index (χ1v) is 7.87. The largest absolute Gasteiger partial charge is 0.497 e. The van der Waals surface area contributed by atoms with Gasteiger partial charge in [0.25, 0.3) is 0 Å². The van der Waals surface area contributed by atoms with Crippen molar-refractivity contribution in [2.75, 3.05) is 12.4 Å². The fraction of sp³-hybridized carbons (Fsp3) is 0.588. The fourth-order valence-electron chi connectivity index (χ4n) is 4.09. The average Bonchev–Trinajstić information content (AvgIpc) is 3.10. The quantitative estimate of drug-likeness (QED) is 0.888. The number of nitrogens with one attached hydrogen (secondary N) is 2. The standard InChI is InChI=1S/C17H24N2O2/c1-11(16-9-12-6-7-13(16)8-12)18-17(20)19-14-4-3-5-15(10-14)21-2/h3-5,10-13,16H,6-9H2,1-2H3,(H2,18,19,20). The fourth-order valence-corrected chi connectivity index (χ4v) is 4.09. The molecule has 2 bridgehead atoms. The third-order valence-corrected chi connectivity index (χ3v) is 5.12. The Kier molecular flexibility index (Phi) is 4.04. The Morgan fingerprint density at radius 3 is 2.86 bits per heavy atom. The van der Waals surface area contributed by atoms with Crippen LogP contribution in [0.5, 0.6) is 5.75 Å². The van der Waals surface area contributed by atoms with E-state index in [1.807, 2.05) is 24.3 Å². The normalized spacial score (nSPS) is 28.2. The molecule has 1 aromatic rings. The first-order chi connectivity index (χ1) is 10.2. The molecule has 0 radical (unpaired) electrons. The Hall–Kier alpha value is -1.71. The van der Waals surface area contributed by atoms with Crippen LogP contribution < -0.4 is 15.4 Å². The molecule has 21 heavy (non-hydrogen) atoms. The number of hydrogen-bond donors (Lipinski definition) is 2. The van der Waals surface area contributed by atoms with Gasteiger partial charge in [-0.05, 0) is 56.1 Å². The molecule has 0 aliphatic heterocycles. The summed E-state index contributed by atoms with van der Waals surface area (Å²) >= 11 is 0. The molecule has 3 rings (SSSR count). The summed E-state index contributed by atoms with van der Waals surface area (Å²) in [5.74, 6) is 3.13. The lowest BCUT2D eigenvalue weighted by molar-refractivity contribution is 0.230. The predicted octanol–water partition coefficient (Wildman–Crippen LogP) is 3.64. The van der Waals surface area contributed by atoms with Gasteiger partial charge in [0.1, 0.15) is 5.75 Å². The zero-order valence-corrected chi connectivity index (χ0v) is 12.8. The van der Waals surface area contributed by atoms with Gasteiger partial charge in [0.05, 0.1) is 7.11 Å². The Morgan fingerprint density at radius 1 is 1.33 bits per heavy atom. The summed E-state index contributed by atoms with van der Waals surface area (Å²) in [6, 6.07) is 7.53. The van der Waals surface area contributed by atoms with E-state index in [0.717, 1.165) is 23.3 Å². The van der Waals surface area contributed by atoms with Crippen molar-refractivity contribution < 1.29 is 9.53 Å². The van der Waals surface area contributed by atoms with Crippen LogP contribution in [0.3, 0.4) is 0 Å². The summed E-state index contributed by atoms with van der Waals surface area (Å²) in [5.41, 5.74) is 0.756. The molecule has 2 aliphatic carbocycles. The topological polar surface area (TPSA) is 50.4 Å². The predicted molar refractivity (Wildman–Crippen MR) is 83.5 cm³/mol. The summed E-state index contributed by atoms with van der Waals surface area (Å²) < 4.78 is 5.16. The van der Waals surface area contributed by atoms with Crippen LogP contribution in [0.1, 0.15) is 32.6 Å². The molecule has 114 valence electrons. The molecule has 0 spiro atoms. The smallest absolute Gasteiger partial charge is 0.319 e. The number of fused-ring (bicyclic) bond motifs is 2. The highest BCUT2D eigenvalue weighted by molar-refractivity contribution is 5.89. The Balaban J connectivity index is 1.53. The molecule has 0 aromatic heterocycles. The number of anilines is 1. The second kappa shape index (κ2) is 5.96. The van der Waals surface area contributed by atoms with Crippen LogP contribution in [0.15, 0.2) is 24.3 Å². The van der Waals surface area contributed by atoms with Gasteiger partial charge in [-0.3, -0.25) is 0 Å². The van der Waals surface area contributed by atoms with E-state index >= 15 is 0 Å². The molecular weight excluding hydrogens is 264 g/mol. The van der Waals surface area contributed by atoms with Crippen LogP contribution in [0.2, 0.25) is 0 Å². The molecule has 4 heteroatoms. The summed E-state index contributed by atoms with van der Waals surface area (Å²) in [6.45, 7) is 2.14. The van der Waals surface area contributed by atoms with Crippen molar-refractivity contribution in [1.29, 1.82) is 0 Å². The highest BCUT2D eigenvalue weighted by Gasteiger charge is 2.42. The van der Waals surface area contributed by atoms with Gasteiger partial charge in [0.15, 0.2) is 0 Å². The molecule has 2 saturated carbocycles. The van der Waals surface area contributed by atoms with Crippen LogP contribution in [-0.2, 0) is 0 Å². The van der Waals surface area contributed by atoms with Crippen molar-refractivity contribution in [3.8, 4) is 5.75 Å². The van der Waals surface area contributed by atoms with Crippen molar-refractivity contribution in [1.82, 2.24) is 5.32 Å². The molecule has 4 atom stereocenters. The summed E-state index contributed by atoms with van der Waals surface area (Å²) in [7, 11) is 1.62. The van der Waals surface area contributed by atoms with Crippen molar-refractivity contribution in [3.63, 3.8) is 0 Å². The van der Waals surface area contributed by atoms with E-state index in [-0.39, 0.29) is 12.1 Å². The number of ether oxygens (including phenoxy) is 1. The van der Waals surface area contributed by atoms with Crippen LogP contribution in [0.25, 0.3) is 0 Å². The number of carbonyl (C=O) groups excluding carboxylic acids is 1. The van der Waals surface area contributed by atoms with E-state index in [9.17, 15) is 4.79 Å². The maximum Gasteiger partial charge on any atom is 0.319 e. The monoisotopic (exact) mass is 288 g/mol. The van der Waals surface area contributed by atoms with Crippen molar-refractivity contribution in [3.05, 3.63) is 24.3 Å². The number of hydrogen-bond acceptors (Lipinski definition) is 2.